The van der Waals surface area contributed by atoms with Crippen molar-refractivity contribution in [1.29, 1.82) is 5.26 Å². The summed E-state index contributed by atoms with van der Waals surface area (Å²) in [5.74, 6) is 0. The van der Waals surface area contributed by atoms with Crippen molar-refractivity contribution in [1.82, 2.24) is 4.31 Å². The maximum atomic E-state index is 13.1. The summed E-state index contributed by atoms with van der Waals surface area (Å²) >= 11 is 0. The van der Waals surface area contributed by atoms with Crippen molar-refractivity contribution in [2.75, 3.05) is 13.1 Å². The van der Waals surface area contributed by atoms with Crippen LogP contribution in [-0.4, -0.2) is 31.1 Å². The maximum Gasteiger partial charge on any atom is 0.230 e. The molecule has 0 aliphatic carbocycles. The van der Waals surface area contributed by atoms with Gasteiger partial charge in [0.05, 0.1) is 6.07 Å². The molecule has 5 heteroatoms. The van der Waals surface area contributed by atoms with Gasteiger partial charge in [0.1, 0.15) is 0 Å². The van der Waals surface area contributed by atoms with Gasteiger partial charge < -0.3 is 0 Å². The summed E-state index contributed by atoms with van der Waals surface area (Å²) in [6.07, 6.45) is 15.6. The van der Waals surface area contributed by atoms with Gasteiger partial charge in [-0.1, -0.05) is 97.8 Å². The van der Waals surface area contributed by atoms with Crippen LogP contribution >= 0.6 is 0 Å². The number of unbranched alkanes of at least 4 members (excludes halogenated alkanes) is 11. The van der Waals surface area contributed by atoms with E-state index in [2.05, 4.69) is 26.8 Å². The highest BCUT2D eigenvalue weighted by Gasteiger charge is 2.31. The van der Waals surface area contributed by atoms with Gasteiger partial charge in [-0.25, -0.2) is 12.7 Å². The lowest BCUT2D eigenvalue weighted by atomic mass is 10.1. The largest absolute Gasteiger partial charge is 0.230 e. The molecule has 27 heavy (non-hydrogen) atoms. The second-order valence-corrected chi connectivity index (χ2v) is 9.85. The second kappa shape index (κ2) is 17.5. The number of rotatable bonds is 19. The summed E-state index contributed by atoms with van der Waals surface area (Å²) < 4.78 is 27.8. The van der Waals surface area contributed by atoms with E-state index in [-0.39, 0.29) is 0 Å². The van der Waals surface area contributed by atoms with Crippen LogP contribution in [0.4, 0.5) is 0 Å². The molecule has 0 aliphatic rings. The van der Waals surface area contributed by atoms with Gasteiger partial charge in [0.2, 0.25) is 10.0 Å². The Bertz CT molecular complexity index is 457. The van der Waals surface area contributed by atoms with E-state index < -0.39 is 15.3 Å². The van der Waals surface area contributed by atoms with Crippen LogP contribution in [0, 0.1) is 11.3 Å². The number of nitrogens with zero attached hydrogens (tertiary/aromatic N) is 2. The first-order valence-electron chi connectivity index (χ1n) is 11.4. The lowest BCUT2D eigenvalue weighted by Gasteiger charge is -2.25. The van der Waals surface area contributed by atoms with Crippen LogP contribution in [-0.2, 0) is 10.0 Å². The predicted molar refractivity (Wildman–Crippen MR) is 116 cm³/mol. The standard InChI is InChI=1S/C22H44N2O2S/c1-4-7-10-13-16-19-24(20-17-14-11-8-5-2)27(25,26)22(21-23)18-15-12-9-6-3/h22H,4-20H2,1-3H3. The van der Waals surface area contributed by atoms with Crippen molar-refractivity contribution in [2.45, 2.75) is 122 Å². The van der Waals surface area contributed by atoms with Crippen molar-refractivity contribution in [3.63, 3.8) is 0 Å². The zero-order valence-corrected chi connectivity index (χ0v) is 19.0. The quantitative estimate of drug-likeness (QED) is 0.235. The van der Waals surface area contributed by atoms with Crippen LogP contribution in [0.3, 0.4) is 0 Å². The summed E-state index contributed by atoms with van der Waals surface area (Å²) in [6, 6.07) is 2.09. The molecule has 0 radical (unpaired) electrons. The molecular weight excluding hydrogens is 356 g/mol. The average Bonchev–Trinajstić information content (AvgIpc) is 2.65. The van der Waals surface area contributed by atoms with Gasteiger partial charge in [0.25, 0.3) is 0 Å². The fourth-order valence-corrected chi connectivity index (χ4v) is 5.09. The molecule has 0 amide bonds. The first kappa shape index (κ1) is 26.4. The Hall–Kier alpha value is -0.600. The molecular formula is C22H44N2O2S. The minimum atomic E-state index is -3.51. The Kier molecular flexibility index (Phi) is 17.1. The molecule has 0 aromatic heterocycles. The zero-order chi connectivity index (χ0) is 20.4. The monoisotopic (exact) mass is 400 g/mol. The molecule has 0 spiro atoms. The minimum Gasteiger partial charge on any atom is -0.211 e. The first-order chi connectivity index (χ1) is 13.0. The Balaban J connectivity index is 4.75. The molecule has 0 aliphatic heterocycles. The van der Waals surface area contributed by atoms with Gasteiger partial charge in [-0.15, -0.1) is 0 Å². The van der Waals surface area contributed by atoms with Gasteiger partial charge in [-0.05, 0) is 19.3 Å². The van der Waals surface area contributed by atoms with Gasteiger partial charge in [0, 0.05) is 13.1 Å². The average molecular weight is 401 g/mol. The van der Waals surface area contributed by atoms with Crippen LogP contribution in [0.5, 0.6) is 0 Å². The molecule has 0 N–H and O–H groups in total. The molecule has 160 valence electrons. The van der Waals surface area contributed by atoms with Gasteiger partial charge in [-0.2, -0.15) is 5.26 Å². The lowest BCUT2D eigenvalue weighted by molar-refractivity contribution is 0.380. The molecule has 0 saturated heterocycles. The Morgan fingerprint density at radius 2 is 1.11 bits per heavy atom. The van der Waals surface area contributed by atoms with Crippen molar-refractivity contribution in [3.8, 4) is 6.07 Å². The van der Waals surface area contributed by atoms with E-state index in [4.69, 9.17) is 0 Å². The van der Waals surface area contributed by atoms with Crippen LogP contribution in [0.2, 0.25) is 0 Å². The van der Waals surface area contributed by atoms with E-state index in [0.717, 1.165) is 51.4 Å². The number of hydrogen-bond donors (Lipinski definition) is 0. The van der Waals surface area contributed by atoms with Crippen molar-refractivity contribution in [3.05, 3.63) is 0 Å². The molecule has 0 fully saturated rings. The topological polar surface area (TPSA) is 61.2 Å². The third-order valence-corrected chi connectivity index (χ3v) is 7.35. The second-order valence-electron chi connectivity index (χ2n) is 7.74. The normalized spacial score (nSPS) is 13.0. The molecule has 0 aromatic carbocycles. The Labute approximate surface area is 169 Å². The summed E-state index contributed by atoms with van der Waals surface area (Å²) in [7, 11) is -3.51. The van der Waals surface area contributed by atoms with Crippen molar-refractivity contribution in [2.24, 2.45) is 0 Å². The van der Waals surface area contributed by atoms with E-state index in [1.807, 2.05) is 0 Å². The summed E-state index contributed by atoms with van der Waals surface area (Å²) in [5.41, 5.74) is 0. The SMILES string of the molecule is CCCCCCCN(CCCCCCC)S(=O)(=O)C(C#N)CCCCCC. The van der Waals surface area contributed by atoms with Crippen LogP contribution in [0.15, 0.2) is 0 Å². The van der Waals surface area contributed by atoms with E-state index in [0.29, 0.717) is 19.5 Å². The number of nitriles is 1. The molecule has 0 bridgehead atoms. The highest BCUT2D eigenvalue weighted by molar-refractivity contribution is 7.90. The highest BCUT2D eigenvalue weighted by atomic mass is 32.2. The fourth-order valence-electron chi connectivity index (χ4n) is 3.37. The van der Waals surface area contributed by atoms with Crippen LogP contribution < -0.4 is 0 Å². The van der Waals surface area contributed by atoms with Crippen LogP contribution in [0.25, 0.3) is 0 Å². The summed E-state index contributed by atoms with van der Waals surface area (Å²) in [6.45, 7) is 7.66. The predicted octanol–water partition coefficient (Wildman–Crippen LogP) is 6.42. The van der Waals surface area contributed by atoms with Gasteiger partial charge >= 0.3 is 0 Å². The van der Waals surface area contributed by atoms with Crippen LogP contribution in [0.1, 0.15) is 117 Å². The summed E-state index contributed by atoms with van der Waals surface area (Å²) in [4.78, 5) is 0. The molecule has 0 aromatic rings. The third kappa shape index (κ3) is 12.5. The minimum absolute atomic E-state index is 0.473. The number of sulfonamides is 1. The van der Waals surface area contributed by atoms with E-state index >= 15 is 0 Å². The van der Waals surface area contributed by atoms with Gasteiger partial charge in [0.15, 0.2) is 5.25 Å². The smallest absolute Gasteiger partial charge is 0.211 e. The molecule has 0 heterocycles. The first-order valence-corrected chi connectivity index (χ1v) is 12.9. The molecule has 4 nitrogen and oxygen atoms in total. The van der Waals surface area contributed by atoms with E-state index in [1.54, 1.807) is 4.31 Å². The van der Waals surface area contributed by atoms with Gasteiger partial charge in [-0.3, -0.25) is 0 Å². The van der Waals surface area contributed by atoms with Crippen molar-refractivity contribution >= 4 is 10.0 Å². The molecule has 0 rings (SSSR count). The zero-order valence-electron chi connectivity index (χ0n) is 18.2. The van der Waals surface area contributed by atoms with E-state index in [1.165, 1.54) is 38.5 Å². The van der Waals surface area contributed by atoms with E-state index in [9.17, 15) is 13.7 Å². The molecule has 1 unspecified atom stereocenters. The lowest BCUT2D eigenvalue weighted by Crippen LogP contribution is -2.39. The third-order valence-electron chi connectivity index (χ3n) is 5.21. The Morgan fingerprint density at radius 3 is 1.52 bits per heavy atom. The number of hydrogen-bond acceptors (Lipinski definition) is 3. The highest BCUT2D eigenvalue weighted by Crippen LogP contribution is 2.18. The fraction of sp³-hybridized carbons (Fsp3) is 0.955. The maximum absolute atomic E-state index is 13.1. The molecule has 1 atom stereocenters. The Morgan fingerprint density at radius 1 is 0.704 bits per heavy atom. The van der Waals surface area contributed by atoms with Crippen molar-refractivity contribution < 1.29 is 8.42 Å². The molecule has 0 saturated carbocycles. The summed E-state index contributed by atoms with van der Waals surface area (Å²) in [5, 5.41) is 8.62.